The van der Waals surface area contributed by atoms with Crippen LogP contribution in [0.1, 0.15) is 12.8 Å². The Kier molecular flexibility index (Phi) is 4.05. The van der Waals surface area contributed by atoms with E-state index < -0.39 is 12.6 Å². The molecule has 0 radical (unpaired) electrons. The van der Waals surface area contributed by atoms with E-state index in [2.05, 4.69) is 17.1 Å². The molecular weight excluding hydrogens is 153 g/mol. The summed E-state index contributed by atoms with van der Waals surface area (Å²) in [5.74, 6) is 0. The first-order valence-electron chi connectivity index (χ1n) is 2.39. The van der Waals surface area contributed by atoms with Crippen LogP contribution in [0.5, 0.6) is 0 Å². The van der Waals surface area contributed by atoms with Gasteiger partial charge in [0.2, 0.25) is 0 Å². The molecule has 1 nitrogen and oxygen atoms in total. The standard InChI is InChI=1S/C4H7F3OS/c5-4(6,7)2-1-3-8-9/h9H,1-3H2. The predicted octanol–water partition coefficient (Wildman–Crippen LogP) is 2.19. The molecule has 0 aliphatic carbocycles. The van der Waals surface area contributed by atoms with Crippen LogP contribution < -0.4 is 0 Å². The second kappa shape index (κ2) is 4.00. The van der Waals surface area contributed by atoms with E-state index in [-0.39, 0.29) is 13.0 Å². The van der Waals surface area contributed by atoms with Crippen LogP contribution in [-0.4, -0.2) is 12.8 Å². The molecule has 0 aromatic carbocycles. The van der Waals surface area contributed by atoms with Gasteiger partial charge in [0.25, 0.3) is 0 Å². The minimum Gasteiger partial charge on any atom is -0.318 e. The second-order valence-electron chi connectivity index (χ2n) is 1.55. The van der Waals surface area contributed by atoms with E-state index in [0.29, 0.717) is 0 Å². The molecule has 0 aromatic heterocycles. The lowest BCUT2D eigenvalue weighted by Crippen LogP contribution is -2.07. The van der Waals surface area contributed by atoms with Crippen molar-refractivity contribution in [3.8, 4) is 0 Å². The molecule has 0 N–H and O–H groups in total. The Labute approximate surface area is 56.8 Å². The van der Waals surface area contributed by atoms with Gasteiger partial charge in [-0.1, -0.05) is 0 Å². The zero-order valence-corrected chi connectivity index (χ0v) is 5.51. The number of alkyl halides is 3. The summed E-state index contributed by atoms with van der Waals surface area (Å²) >= 11 is 3.28. The summed E-state index contributed by atoms with van der Waals surface area (Å²) in [7, 11) is 0. The maximum absolute atomic E-state index is 11.3. The topological polar surface area (TPSA) is 9.23 Å². The smallest absolute Gasteiger partial charge is 0.318 e. The van der Waals surface area contributed by atoms with E-state index in [1.54, 1.807) is 0 Å². The molecule has 0 saturated carbocycles. The van der Waals surface area contributed by atoms with Crippen LogP contribution in [0.4, 0.5) is 13.2 Å². The molecule has 0 rings (SSSR count). The Balaban J connectivity index is 3.07. The third-order valence-electron chi connectivity index (χ3n) is 0.696. The number of hydrogen-bond donors (Lipinski definition) is 1. The average molecular weight is 160 g/mol. The number of hydrogen-bond acceptors (Lipinski definition) is 2. The van der Waals surface area contributed by atoms with Gasteiger partial charge < -0.3 is 4.18 Å². The van der Waals surface area contributed by atoms with Crippen molar-refractivity contribution in [2.45, 2.75) is 19.0 Å². The molecule has 0 fully saturated rings. The van der Waals surface area contributed by atoms with Crippen molar-refractivity contribution >= 4 is 12.9 Å². The van der Waals surface area contributed by atoms with Gasteiger partial charge in [-0.25, -0.2) is 0 Å². The van der Waals surface area contributed by atoms with E-state index in [1.807, 2.05) is 0 Å². The van der Waals surface area contributed by atoms with Crippen molar-refractivity contribution in [1.29, 1.82) is 0 Å². The highest BCUT2D eigenvalue weighted by atomic mass is 32.1. The van der Waals surface area contributed by atoms with Gasteiger partial charge in [-0.15, -0.1) is 0 Å². The molecule has 0 heterocycles. The van der Waals surface area contributed by atoms with Crippen molar-refractivity contribution in [3.63, 3.8) is 0 Å². The number of thiol groups is 1. The van der Waals surface area contributed by atoms with Gasteiger partial charge in [0.05, 0.1) is 6.61 Å². The van der Waals surface area contributed by atoms with E-state index in [9.17, 15) is 13.2 Å². The van der Waals surface area contributed by atoms with Gasteiger partial charge in [0.15, 0.2) is 0 Å². The summed E-state index contributed by atoms with van der Waals surface area (Å²) < 4.78 is 38.0. The molecule has 0 bridgehead atoms. The molecule has 0 amide bonds. The number of rotatable bonds is 3. The summed E-state index contributed by atoms with van der Waals surface area (Å²) in [5.41, 5.74) is 0. The van der Waals surface area contributed by atoms with Crippen LogP contribution in [0.3, 0.4) is 0 Å². The molecule has 0 spiro atoms. The van der Waals surface area contributed by atoms with E-state index >= 15 is 0 Å². The highest BCUT2D eigenvalue weighted by molar-refractivity contribution is 7.75. The lowest BCUT2D eigenvalue weighted by Gasteiger charge is -2.03. The van der Waals surface area contributed by atoms with Gasteiger partial charge in [0, 0.05) is 6.42 Å². The zero-order chi connectivity index (χ0) is 7.33. The maximum atomic E-state index is 11.3. The highest BCUT2D eigenvalue weighted by Crippen LogP contribution is 2.20. The van der Waals surface area contributed by atoms with Crippen LogP contribution in [0.15, 0.2) is 0 Å². The fourth-order valence-electron chi connectivity index (χ4n) is 0.337. The van der Waals surface area contributed by atoms with Crippen molar-refractivity contribution in [1.82, 2.24) is 0 Å². The van der Waals surface area contributed by atoms with Gasteiger partial charge in [-0.05, 0) is 19.3 Å². The third kappa shape index (κ3) is 8.10. The summed E-state index contributed by atoms with van der Waals surface area (Å²) in [6.45, 7) is 0.0443. The van der Waals surface area contributed by atoms with E-state index in [4.69, 9.17) is 0 Å². The van der Waals surface area contributed by atoms with Gasteiger partial charge >= 0.3 is 6.18 Å². The van der Waals surface area contributed by atoms with Crippen molar-refractivity contribution in [2.24, 2.45) is 0 Å². The number of halogens is 3. The van der Waals surface area contributed by atoms with E-state index in [1.165, 1.54) is 0 Å². The minimum atomic E-state index is -4.06. The summed E-state index contributed by atoms with van der Waals surface area (Å²) in [6, 6.07) is 0. The molecule has 5 heteroatoms. The first-order chi connectivity index (χ1) is 4.06. The lowest BCUT2D eigenvalue weighted by atomic mass is 10.3. The normalized spacial score (nSPS) is 12.0. The maximum Gasteiger partial charge on any atom is 0.389 e. The Morgan fingerprint density at radius 3 is 2.22 bits per heavy atom. The van der Waals surface area contributed by atoms with Crippen LogP contribution in [0.2, 0.25) is 0 Å². The molecule has 0 aliphatic heterocycles. The fraction of sp³-hybridized carbons (Fsp3) is 1.00. The average Bonchev–Trinajstić information content (AvgIpc) is 1.63. The molecule has 9 heavy (non-hydrogen) atoms. The summed E-state index contributed by atoms with van der Waals surface area (Å²) in [5, 5.41) is 0. The van der Waals surface area contributed by atoms with Gasteiger partial charge in [-0.3, -0.25) is 0 Å². The quantitative estimate of drug-likeness (QED) is 0.378. The van der Waals surface area contributed by atoms with Crippen LogP contribution >= 0.6 is 12.9 Å². The first kappa shape index (κ1) is 9.10. The van der Waals surface area contributed by atoms with Gasteiger partial charge in [0.1, 0.15) is 0 Å². The highest BCUT2D eigenvalue weighted by Gasteiger charge is 2.25. The largest absolute Gasteiger partial charge is 0.389 e. The van der Waals surface area contributed by atoms with E-state index in [0.717, 1.165) is 0 Å². The second-order valence-corrected chi connectivity index (χ2v) is 1.81. The van der Waals surface area contributed by atoms with Crippen molar-refractivity contribution in [3.05, 3.63) is 0 Å². The first-order valence-corrected chi connectivity index (χ1v) is 2.76. The van der Waals surface area contributed by atoms with Crippen LogP contribution in [0.25, 0.3) is 0 Å². The van der Waals surface area contributed by atoms with Gasteiger partial charge in [-0.2, -0.15) is 13.2 Å². The Hall–Kier alpha value is 0.100. The minimum absolute atomic E-state index is 0.0208. The molecule has 0 aromatic rings. The molecule has 0 aliphatic rings. The molecule has 56 valence electrons. The lowest BCUT2D eigenvalue weighted by molar-refractivity contribution is -0.136. The fourth-order valence-corrected chi connectivity index (χ4v) is 0.466. The molecule has 0 unspecified atom stereocenters. The summed E-state index contributed by atoms with van der Waals surface area (Å²) in [6.07, 6.45) is -4.88. The van der Waals surface area contributed by atoms with Crippen molar-refractivity contribution in [2.75, 3.05) is 6.61 Å². The Bertz CT molecular complexity index is 72.7. The Morgan fingerprint density at radius 1 is 1.33 bits per heavy atom. The molecular formula is C4H7F3OS. The summed E-state index contributed by atoms with van der Waals surface area (Å²) in [4.78, 5) is 0. The van der Waals surface area contributed by atoms with Crippen LogP contribution in [-0.2, 0) is 4.18 Å². The zero-order valence-electron chi connectivity index (χ0n) is 4.61. The molecule has 0 saturated heterocycles. The molecule has 0 atom stereocenters. The SMILES string of the molecule is FC(F)(F)CCCOS. The van der Waals surface area contributed by atoms with Crippen molar-refractivity contribution < 1.29 is 17.4 Å². The Morgan fingerprint density at radius 2 is 1.89 bits per heavy atom. The third-order valence-corrected chi connectivity index (χ3v) is 0.878. The van der Waals surface area contributed by atoms with Crippen LogP contribution in [0, 0.1) is 0 Å². The predicted molar refractivity (Wildman–Crippen MR) is 30.2 cm³/mol. The monoisotopic (exact) mass is 160 g/mol.